The largest absolute Gasteiger partial charge is 0.339 e. The SMILES string of the molecule is Cc1cccc(C(=O)N2CCCCC2)c1Cl. The van der Waals surface area contributed by atoms with Crippen LogP contribution in [-0.2, 0) is 0 Å². The number of aryl methyl sites for hydroxylation is 1. The molecule has 1 fully saturated rings. The first-order chi connectivity index (χ1) is 7.70. The fraction of sp³-hybridized carbons (Fsp3) is 0.462. The first-order valence-corrected chi connectivity index (χ1v) is 6.12. The number of hydrogen-bond donors (Lipinski definition) is 0. The van der Waals surface area contributed by atoms with E-state index < -0.39 is 0 Å². The van der Waals surface area contributed by atoms with E-state index in [1.807, 2.05) is 30.0 Å². The molecule has 0 N–H and O–H groups in total. The van der Waals surface area contributed by atoms with Crippen molar-refractivity contribution in [3.63, 3.8) is 0 Å². The van der Waals surface area contributed by atoms with Crippen LogP contribution in [0.4, 0.5) is 0 Å². The van der Waals surface area contributed by atoms with Crippen molar-refractivity contribution in [1.29, 1.82) is 0 Å². The lowest BCUT2D eigenvalue weighted by Crippen LogP contribution is -2.35. The number of carbonyl (C=O) groups is 1. The molecule has 0 aromatic heterocycles. The molecular weight excluding hydrogens is 222 g/mol. The summed E-state index contributed by atoms with van der Waals surface area (Å²) in [6.45, 7) is 3.65. The molecule has 1 amide bonds. The van der Waals surface area contributed by atoms with Crippen LogP contribution in [0.1, 0.15) is 35.2 Å². The predicted octanol–water partition coefficient (Wildman–Crippen LogP) is 3.27. The molecule has 0 atom stereocenters. The molecular formula is C13H16ClNO. The predicted molar refractivity (Wildman–Crippen MR) is 65.9 cm³/mol. The molecule has 1 aliphatic heterocycles. The third-order valence-electron chi connectivity index (χ3n) is 3.07. The molecule has 0 saturated carbocycles. The van der Waals surface area contributed by atoms with Crippen LogP contribution < -0.4 is 0 Å². The van der Waals surface area contributed by atoms with Crippen molar-refractivity contribution in [2.45, 2.75) is 26.2 Å². The highest BCUT2D eigenvalue weighted by Crippen LogP contribution is 2.23. The van der Waals surface area contributed by atoms with E-state index in [4.69, 9.17) is 11.6 Å². The fourth-order valence-electron chi connectivity index (χ4n) is 2.08. The minimum absolute atomic E-state index is 0.0772. The Labute approximate surface area is 101 Å². The molecule has 3 heteroatoms. The van der Waals surface area contributed by atoms with Crippen molar-refractivity contribution in [3.05, 3.63) is 34.3 Å². The van der Waals surface area contributed by atoms with Gasteiger partial charge in [0.2, 0.25) is 0 Å². The molecule has 0 radical (unpaired) electrons. The summed E-state index contributed by atoms with van der Waals surface area (Å²) >= 11 is 6.16. The van der Waals surface area contributed by atoms with Gasteiger partial charge in [-0.3, -0.25) is 4.79 Å². The average molecular weight is 238 g/mol. The Balaban J connectivity index is 2.22. The second-order valence-corrected chi connectivity index (χ2v) is 4.67. The Hall–Kier alpha value is -1.02. The van der Waals surface area contributed by atoms with Gasteiger partial charge in [-0.15, -0.1) is 0 Å². The Morgan fingerprint density at radius 1 is 1.25 bits per heavy atom. The number of carbonyl (C=O) groups excluding carboxylic acids is 1. The summed E-state index contributed by atoms with van der Waals surface area (Å²) in [6, 6.07) is 5.62. The monoisotopic (exact) mass is 237 g/mol. The average Bonchev–Trinajstić information content (AvgIpc) is 2.33. The van der Waals surface area contributed by atoms with Crippen LogP contribution in [0.5, 0.6) is 0 Å². The molecule has 0 aliphatic carbocycles. The summed E-state index contributed by atoms with van der Waals surface area (Å²) in [5.74, 6) is 0.0772. The maximum atomic E-state index is 12.2. The molecule has 2 nitrogen and oxygen atoms in total. The second kappa shape index (κ2) is 4.88. The Bertz CT molecular complexity index is 397. The van der Waals surface area contributed by atoms with E-state index in [0.717, 1.165) is 31.5 Å². The number of hydrogen-bond acceptors (Lipinski definition) is 1. The van der Waals surface area contributed by atoms with Gasteiger partial charge in [-0.2, -0.15) is 0 Å². The van der Waals surface area contributed by atoms with Crippen molar-refractivity contribution in [3.8, 4) is 0 Å². The van der Waals surface area contributed by atoms with Gasteiger partial charge in [0.15, 0.2) is 0 Å². The van der Waals surface area contributed by atoms with Crippen LogP contribution in [-0.4, -0.2) is 23.9 Å². The second-order valence-electron chi connectivity index (χ2n) is 4.29. The first-order valence-electron chi connectivity index (χ1n) is 5.74. The molecule has 0 bridgehead atoms. The topological polar surface area (TPSA) is 20.3 Å². The van der Waals surface area contributed by atoms with Crippen LogP contribution in [0, 0.1) is 6.92 Å². The van der Waals surface area contributed by atoms with E-state index >= 15 is 0 Å². The van der Waals surface area contributed by atoms with Gasteiger partial charge < -0.3 is 4.90 Å². The van der Waals surface area contributed by atoms with Gasteiger partial charge in [-0.1, -0.05) is 23.7 Å². The summed E-state index contributed by atoms with van der Waals surface area (Å²) < 4.78 is 0. The van der Waals surface area contributed by atoms with Crippen LogP contribution >= 0.6 is 11.6 Å². The normalized spacial score (nSPS) is 16.2. The lowest BCUT2D eigenvalue weighted by atomic mass is 10.1. The highest BCUT2D eigenvalue weighted by molar-refractivity contribution is 6.34. The quantitative estimate of drug-likeness (QED) is 0.734. The van der Waals surface area contributed by atoms with Gasteiger partial charge in [-0.05, 0) is 37.8 Å². The van der Waals surface area contributed by atoms with E-state index in [1.54, 1.807) is 0 Å². The maximum Gasteiger partial charge on any atom is 0.255 e. The molecule has 0 unspecified atom stereocenters. The molecule has 86 valence electrons. The Morgan fingerprint density at radius 2 is 1.94 bits per heavy atom. The number of benzene rings is 1. The van der Waals surface area contributed by atoms with Gasteiger partial charge in [0.1, 0.15) is 0 Å². The van der Waals surface area contributed by atoms with E-state index in [0.29, 0.717) is 10.6 Å². The summed E-state index contributed by atoms with van der Waals surface area (Å²) in [6.07, 6.45) is 3.44. The standard InChI is InChI=1S/C13H16ClNO/c1-10-6-5-7-11(12(10)14)13(16)15-8-3-2-4-9-15/h5-7H,2-4,8-9H2,1H3. The zero-order chi connectivity index (χ0) is 11.5. The van der Waals surface area contributed by atoms with Crippen molar-refractivity contribution in [2.24, 2.45) is 0 Å². The number of rotatable bonds is 1. The van der Waals surface area contributed by atoms with E-state index in [1.165, 1.54) is 6.42 Å². The van der Waals surface area contributed by atoms with Gasteiger partial charge in [0, 0.05) is 13.1 Å². The third kappa shape index (κ3) is 2.22. The summed E-state index contributed by atoms with van der Waals surface area (Å²) in [4.78, 5) is 14.1. The van der Waals surface area contributed by atoms with Crippen LogP contribution in [0.15, 0.2) is 18.2 Å². The number of nitrogens with zero attached hydrogens (tertiary/aromatic N) is 1. The molecule has 1 saturated heterocycles. The van der Waals surface area contributed by atoms with Crippen molar-refractivity contribution in [2.75, 3.05) is 13.1 Å². The number of amides is 1. The number of halogens is 1. The molecule has 16 heavy (non-hydrogen) atoms. The maximum absolute atomic E-state index is 12.2. The number of likely N-dealkylation sites (tertiary alicyclic amines) is 1. The van der Waals surface area contributed by atoms with Crippen molar-refractivity contribution >= 4 is 17.5 Å². The van der Waals surface area contributed by atoms with E-state index in [9.17, 15) is 4.79 Å². The van der Waals surface area contributed by atoms with Gasteiger partial charge in [-0.25, -0.2) is 0 Å². The zero-order valence-corrected chi connectivity index (χ0v) is 10.3. The van der Waals surface area contributed by atoms with Crippen molar-refractivity contribution < 1.29 is 4.79 Å². The van der Waals surface area contributed by atoms with Crippen LogP contribution in [0.25, 0.3) is 0 Å². The molecule has 0 spiro atoms. The summed E-state index contributed by atoms with van der Waals surface area (Å²) in [7, 11) is 0. The molecule has 1 aliphatic rings. The Kier molecular flexibility index (Phi) is 3.49. The third-order valence-corrected chi connectivity index (χ3v) is 3.57. The minimum atomic E-state index is 0.0772. The van der Waals surface area contributed by atoms with E-state index in [-0.39, 0.29) is 5.91 Å². The van der Waals surface area contributed by atoms with Crippen LogP contribution in [0.3, 0.4) is 0 Å². The van der Waals surface area contributed by atoms with E-state index in [2.05, 4.69) is 0 Å². The molecule has 1 aromatic rings. The molecule has 2 rings (SSSR count). The lowest BCUT2D eigenvalue weighted by molar-refractivity contribution is 0.0724. The number of piperidine rings is 1. The highest BCUT2D eigenvalue weighted by atomic mass is 35.5. The van der Waals surface area contributed by atoms with Gasteiger partial charge in [0.25, 0.3) is 5.91 Å². The lowest BCUT2D eigenvalue weighted by Gasteiger charge is -2.27. The fourth-order valence-corrected chi connectivity index (χ4v) is 2.29. The zero-order valence-electron chi connectivity index (χ0n) is 9.50. The first kappa shape index (κ1) is 11.5. The molecule has 1 aromatic carbocycles. The Morgan fingerprint density at radius 3 is 2.62 bits per heavy atom. The summed E-state index contributed by atoms with van der Waals surface area (Å²) in [5, 5.41) is 0.595. The van der Waals surface area contributed by atoms with Crippen molar-refractivity contribution in [1.82, 2.24) is 4.90 Å². The van der Waals surface area contributed by atoms with Crippen LogP contribution in [0.2, 0.25) is 5.02 Å². The van der Waals surface area contributed by atoms with Gasteiger partial charge in [0.05, 0.1) is 10.6 Å². The smallest absolute Gasteiger partial charge is 0.255 e. The summed E-state index contributed by atoms with van der Waals surface area (Å²) in [5.41, 5.74) is 1.60. The minimum Gasteiger partial charge on any atom is -0.339 e. The van der Waals surface area contributed by atoms with Gasteiger partial charge >= 0.3 is 0 Å². The highest BCUT2D eigenvalue weighted by Gasteiger charge is 2.20. The molecule has 1 heterocycles.